The van der Waals surface area contributed by atoms with Crippen LogP contribution in [0, 0.1) is 5.41 Å². The molecule has 0 aromatic carbocycles. The lowest BCUT2D eigenvalue weighted by molar-refractivity contribution is -0.128. The van der Waals surface area contributed by atoms with Crippen LogP contribution < -0.4 is 0 Å². The minimum Gasteiger partial charge on any atom is -0.299 e. The molecule has 100 valence electrons. The van der Waals surface area contributed by atoms with E-state index in [1.807, 2.05) is 4.68 Å². The molecule has 4 nitrogen and oxygen atoms in total. The van der Waals surface area contributed by atoms with Gasteiger partial charge in [-0.2, -0.15) is 5.10 Å². The molecule has 0 N–H and O–H groups in total. The SMILES string of the molecule is CCCn1ncnc1CC(=O)C1(CC)CCCC1. The maximum absolute atomic E-state index is 12.5. The molecular formula is C14H23N3O. The zero-order chi connectivity index (χ0) is 13.0. The van der Waals surface area contributed by atoms with Gasteiger partial charge >= 0.3 is 0 Å². The highest BCUT2D eigenvalue weighted by atomic mass is 16.1. The predicted octanol–water partition coefficient (Wildman–Crippen LogP) is 2.77. The average molecular weight is 249 g/mol. The molecule has 1 fully saturated rings. The van der Waals surface area contributed by atoms with Crippen LogP contribution in [0.4, 0.5) is 0 Å². The van der Waals surface area contributed by atoms with E-state index < -0.39 is 0 Å². The summed E-state index contributed by atoms with van der Waals surface area (Å²) >= 11 is 0. The Kier molecular flexibility index (Phi) is 4.15. The van der Waals surface area contributed by atoms with Gasteiger partial charge in [-0.15, -0.1) is 0 Å². The van der Waals surface area contributed by atoms with E-state index in [1.165, 1.54) is 12.8 Å². The van der Waals surface area contributed by atoms with Crippen LogP contribution in [0.2, 0.25) is 0 Å². The van der Waals surface area contributed by atoms with Crippen molar-refractivity contribution in [2.24, 2.45) is 5.41 Å². The number of ketones is 1. The molecule has 1 aromatic heterocycles. The Morgan fingerprint density at radius 3 is 2.72 bits per heavy atom. The van der Waals surface area contributed by atoms with Gasteiger partial charge in [0.25, 0.3) is 0 Å². The van der Waals surface area contributed by atoms with Crippen molar-refractivity contribution in [3.05, 3.63) is 12.2 Å². The number of Topliss-reactive ketones (excluding diaryl/α,β-unsaturated/α-hetero) is 1. The number of aromatic nitrogens is 3. The molecule has 1 heterocycles. The first-order valence-corrected chi connectivity index (χ1v) is 7.12. The van der Waals surface area contributed by atoms with Crippen LogP contribution in [0.3, 0.4) is 0 Å². The summed E-state index contributed by atoms with van der Waals surface area (Å²) in [6, 6.07) is 0. The van der Waals surface area contributed by atoms with Crippen LogP contribution in [0.25, 0.3) is 0 Å². The van der Waals surface area contributed by atoms with Crippen molar-refractivity contribution in [3.63, 3.8) is 0 Å². The number of rotatable bonds is 6. The van der Waals surface area contributed by atoms with E-state index in [1.54, 1.807) is 6.33 Å². The lowest BCUT2D eigenvalue weighted by Crippen LogP contribution is -2.30. The van der Waals surface area contributed by atoms with Gasteiger partial charge in [0.2, 0.25) is 0 Å². The molecule has 1 saturated carbocycles. The molecule has 0 unspecified atom stereocenters. The largest absolute Gasteiger partial charge is 0.299 e. The van der Waals surface area contributed by atoms with Crippen molar-refractivity contribution in [1.29, 1.82) is 0 Å². The van der Waals surface area contributed by atoms with Crippen molar-refractivity contribution in [1.82, 2.24) is 14.8 Å². The fraction of sp³-hybridized carbons (Fsp3) is 0.786. The Morgan fingerprint density at radius 1 is 1.39 bits per heavy atom. The van der Waals surface area contributed by atoms with Crippen molar-refractivity contribution in [2.75, 3.05) is 0 Å². The van der Waals surface area contributed by atoms with E-state index >= 15 is 0 Å². The van der Waals surface area contributed by atoms with Gasteiger partial charge in [0.05, 0.1) is 6.42 Å². The molecule has 18 heavy (non-hydrogen) atoms. The van der Waals surface area contributed by atoms with Crippen LogP contribution in [-0.2, 0) is 17.8 Å². The third kappa shape index (κ3) is 2.47. The summed E-state index contributed by atoms with van der Waals surface area (Å²) in [7, 11) is 0. The number of hydrogen-bond acceptors (Lipinski definition) is 3. The zero-order valence-corrected chi connectivity index (χ0v) is 11.5. The second kappa shape index (κ2) is 5.63. The second-order valence-electron chi connectivity index (χ2n) is 5.34. The van der Waals surface area contributed by atoms with Gasteiger partial charge in [-0.1, -0.05) is 26.7 Å². The van der Waals surface area contributed by atoms with Gasteiger partial charge in [-0.25, -0.2) is 9.67 Å². The van der Waals surface area contributed by atoms with Crippen molar-refractivity contribution >= 4 is 5.78 Å². The van der Waals surface area contributed by atoms with Gasteiger partial charge in [0.1, 0.15) is 17.9 Å². The van der Waals surface area contributed by atoms with E-state index in [-0.39, 0.29) is 5.41 Å². The number of nitrogens with zero attached hydrogens (tertiary/aromatic N) is 3. The Bertz CT molecular complexity index is 405. The Hall–Kier alpha value is -1.19. The van der Waals surface area contributed by atoms with E-state index in [0.29, 0.717) is 12.2 Å². The van der Waals surface area contributed by atoms with Gasteiger partial charge in [-0.3, -0.25) is 4.79 Å². The van der Waals surface area contributed by atoms with Gasteiger partial charge in [0.15, 0.2) is 0 Å². The average Bonchev–Trinajstić information content (AvgIpc) is 3.00. The maximum atomic E-state index is 12.5. The summed E-state index contributed by atoms with van der Waals surface area (Å²) in [6.07, 6.45) is 8.51. The van der Waals surface area contributed by atoms with Crippen LogP contribution in [0.5, 0.6) is 0 Å². The molecule has 0 bridgehead atoms. The molecule has 0 spiro atoms. The maximum Gasteiger partial charge on any atom is 0.146 e. The summed E-state index contributed by atoms with van der Waals surface area (Å²) in [4.78, 5) is 16.8. The first-order valence-electron chi connectivity index (χ1n) is 7.12. The fourth-order valence-corrected chi connectivity index (χ4v) is 3.04. The molecule has 1 aliphatic rings. The van der Waals surface area contributed by atoms with Crippen LogP contribution in [0.1, 0.15) is 58.2 Å². The number of aryl methyl sites for hydroxylation is 1. The van der Waals surface area contributed by atoms with E-state index in [2.05, 4.69) is 23.9 Å². The third-order valence-corrected chi connectivity index (χ3v) is 4.28. The lowest BCUT2D eigenvalue weighted by Gasteiger charge is -2.25. The first kappa shape index (κ1) is 13.2. The van der Waals surface area contributed by atoms with E-state index in [9.17, 15) is 4.79 Å². The van der Waals surface area contributed by atoms with E-state index in [0.717, 1.165) is 38.1 Å². The normalized spacial score (nSPS) is 18.1. The number of carbonyl (C=O) groups excluding carboxylic acids is 1. The topological polar surface area (TPSA) is 47.8 Å². The highest BCUT2D eigenvalue weighted by Crippen LogP contribution is 2.42. The molecule has 0 radical (unpaired) electrons. The predicted molar refractivity (Wildman–Crippen MR) is 70.2 cm³/mol. The van der Waals surface area contributed by atoms with Crippen molar-refractivity contribution in [3.8, 4) is 0 Å². The molecular weight excluding hydrogens is 226 g/mol. The first-order chi connectivity index (χ1) is 8.72. The number of carbonyl (C=O) groups is 1. The summed E-state index contributed by atoms with van der Waals surface area (Å²) in [5.74, 6) is 1.20. The fourth-order valence-electron chi connectivity index (χ4n) is 3.04. The van der Waals surface area contributed by atoms with Crippen molar-refractivity contribution in [2.45, 2.75) is 65.3 Å². The second-order valence-corrected chi connectivity index (χ2v) is 5.34. The third-order valence-electron chi connectivity index (χ3n) is 4.28. The Labute approximate surface area is 109 Å². The summed E-state index contributed by atoms with van der Waals surface area (Å²) in [6.45, 7) is 5.10. The van der Waals surface area contributed by atoms with Crippen LogP contribution in [0.15, 0.2) is 6.33 Å². The molecule has 0 saturated heterocycles. The minimum atomic E-state index is -0.0665. The molecule has 0 aliphatic heterocycles. The van der Waals surface area contributed by atoms with Crippen LogP contribution >= 0.6 is 0 Å². The highest BCUT2D eigenvalue weighted by molar-refractivity contribution is 5.86. The molecule has 2 rings (SSSR count). The Morgan fingerprint density at radius 2 is 2.11 bits per heavy atom. The summed E-state index contributed by atoms with van der Waals surface area (Å²) < 4.78 is 1.87. The quantitative estimate of drug-likeness (QED) is 0.779. The lowest BCUT2D eigenvalue weighted by atomic mass is 9.78. The monoisotopic (exact) mass is 249 g/mol. The zero-order valence-electron chi connectivity index (χ0n) is 11.5. The standard InChI is InChI=1S/C14H23N3O/c1-3-9-17-13(15-11-16-17)10-12(18)14(4-2)7-5-6-8-14/h11H,3-10H2,1-2H3. The van der Waals surface area contributed by atoms with E-state index in [4.69, 9.17) is 0 Å². The van der Waals surface area contributed by atoms with Gasteiger partial charge in [0, 0.05) is 12.0 Å². The molecule has 4 heteroatoms. The molecule has 1 aromatic rings. The van der Waals surface area contributed by atoms with Gasteiger partial charge in [-0.05, 0) is 25.7 Å². The molecule has 0 amide bonds. The molecule has 1 aliphatic carbocycles. The van der Waals surface area contributed by atoms with Crippen molar-refractivity contribution < 1.29 is 4.79 Å². The minimum absolute atomic E-state index is 0.0665. The summed E-state index contributed by atoms with van der Waals surface area (Å²) in [5.41, 5.74) is -0.0665. The molecule has 0 atom stereocenters. The highest BCUT2D eigenvalue weighted by Gasteiger charge is 2.39. The Balaban J connectivity index is 2.08. The smallest absolute Gasteiger partial charge is 0.146 e. The van der Waals surface area contributed by atoms with Gasteiger partial charge < -0.3 is 0 Å². The summed E-state index contributed by atoms with van der Waals surface area (Å²) in [5, 5.41) is 4.19. The van der Waals surface area contributed by atoms with Crippen LogP contribution in [-0.4, -0.2) is 20.5 Å². The number of hydrogen-bond donors (Lipinski definition) is 0.